The maximum absolute atomic E-state index is 8.80. The van der Waals surface area contributed by atoms with E-state index in [0.717, 1.165) is 11.3 Å². The molecule has 0 radical (unpaired) electrons. The molecule has 0 unspecified atom stereocenters. The smallest absolute Gasteiger partial charge is 0.276 e. The summed E-state index contributed by atoms with van der Waals surface area (Å²) in [5.41, 5.74) is 5.50. The van der Waals surface area contributed by atoms with E-state index in [1.807, 2.05) is 24.3 Å². The number of benzene rings is 2. The Morgan fingerprint density at radius 3 is 2.46 bits per heavy atom. The SMILES string of the molecule is Cc1ccc(Cc2nnc(SCc3ccc(C#N)cc3)o2)cc1C. The summed E-state index contributed by atoms with van der Waals surface area (Å²) in [4.78, 5) is 0. The number of thioether (sulfide) groups is 1. The summed E-state index contributed by atoms with van der Waals surface area (Å²) in [7, 11) is 0. The van der Waals surface area contributed by atoms with Crippen LogP contribution in [-0.2, 0) is 12.2 Å². The zero-order valence-electron chi connectivity index (χ0n) is 13.6. The lowest BCUT2D eigenvalue weighted by Gasteiger charge is -2.02. The summed E-state index contributed by atoms with van der Waals surface area (Å²) < 4.78 is 5.71. The second kappa shape index (κ2) is 7.33. The quantitative estimate of drug-likeness (QED) is 0.645. The topological polar surface area (TPSA) is 62.7 Å². The molecule has 0 aliphatic carbocycles. The molecule has 3 aromatic rings. The molecule has 0 atom stereocenters. The van der Waals surface area contributed by atoms with Gasteiger partial charge in [-0.1, -0.05) is 42.1 Å². The normalized spacial score (nSPS) is 10.5. The van der Waals surface area contributed by atoms with Gasteiger partial charge in [0.1, 0.15) is 0 Å². The Labute approximate surface area is 145 Å². The highest BCUT2D eigenvalue weighted by molar-refractivity contribution is 7.98. The first kappa shape index (κ1) is 16.3. The summed E-state index contributed by atoms with van der Waals surface area (Å²) in [5, 5.41) is 17.6. The minimum Gasteiger partial charge on any atom is -0.416 e. The first-order chi connectivity index (χ1) is 11.6. The van der Waals surface area contributed by atoms with E-state index in [1.54, 1.807) is 0 Å². The molecule has 24 heavy (non-hydrogen) atoms. The van der Waals surface area contributed by atoms with Crippen molar-refractivity contribution in [1.82, 2.24) is 10.2 Å². The predicted octanol–water partition coefficient (Wildman–Crippen LogP) is 4.44. The minimum absolute atomic E-state index is 0.568. The maximum Gasteiger partial charge on any atom is 0.276 e. The molecule has 1 aromatic heterocycles. The number of hydrogen-bond donors (Lipinski definition) is 0. The predicted molar refractivity (Wildman–Crippen MR) is 93.7 cm³/mol. The average Bonchev–Trinajstić information content (AvgIpc) is 3.04. The highest BCUT2D eigenvalue weighted by Crippen LogP contribution is 2.22. The van der Waals surface area contributed by atoms with Gasteiger partial charge in [-0.2, -0.15) is 5.26 Å². The number of aromatic nitrogens is 2. The monoisotopic (exact) mass is 335 g/mol. The Balaban J connectivity index is 1.60. The van der Waals surface area contributed by atoms with Crippen LogP contribution in [0.3, 0.4) is 0 Å². The number of nitriles is 1. The molecule has 0 aliphatic heterocycles. The number of hydrogen-bond acceptors (Lipinski definition) is 5. The van der Waals surface area contributed by atoms with E-state index in [9.17, 15) is 0 Å². The van der Waals surface area contributed by atoms with Crippen LogP contribution >= 0.6 is 11.8 Å². The van der Waals surface area contributed by atoms with Gasteiger partial charge in [-0.15, -0.1) is 10.2 Å². The van der Waals surface area contributed by atoms with Crippen molar-refractivity contribution in [2.45, 2.75) is 31.2 Å². The first-order valence-corrected chi connectivity index (χ1v) is 8.63. The van der Waals surface area contributed by atoms with E-state index >= 15 is 0 Å². The summed E-state index contributed by atoms with van der Waals surface area (Å²) in [6, 6.07) is 16.0. The van der Waals surface area contributed by atoms with Crippen LogP contribution in [0.5, 0.6) is 0 Å². The summed E-state index contributed by atoms with van der Waals surface area (Å²) in [6.45, 7) is 4.20. The second-order valence-electron chi connectivity index (χ2n) is 5.65. The van der Waals surface area contributed by atoms with Crippen LogP contribution in [0, 0.1) is 25.2 Å². The van der Waals surface area contributed by atoms with Gasteiger partial charge >= 0.3 is 0 Å². The zero-order chi connectivity index (χ0) is 16.9. The molecule has 4 nitrogen and oxygen atoms in total. The molecule has 120 valence electrons. The molecule has 5 heteroatoms. The molecular formula is C19H17N3OS. The van der Waals surface area contributed by atoms with Crippen molar-refractivity contribution in [3.05, 3.63) is 76.2 Å². The molecule has 0 spiro atoms. The lowest BCUT2D eigenvalue weighted by atomic mass is 10.0. The van der Waals surface area contributed by atoms with Gasteiger partial charge in [0.15, 0.2) is 0 Å². The minimum atomic E-state index is 0.568. The van der Waals surface area contributed by atoms with E-state index in [1.165, 1.54) is 28.5 Å². The largest absolute Gasteiger partial charge is 0.416 e. The number of rotatable bonds is 5. The first-order valence-electron chi connectivity index (χ1n) is 7.64. The van der Waals surface area contributed by atoms with Gasteiger partial charge in [-0.05, 0) is 48.2 Å². The third kappa shape index (κ3) is 4.03. The lowest BCUT2D eigenvalue weighted by molar-refractivity contribution is 0.420. The fraction of sp³-hybridized carbons (Fsp3) is 0.211. The van der Waals surface area contributed by atoms with E-state index in [0.29, 0.717) is 23.1 Å². The van der Waals surface area contributed by atoms with Crippen molar-refractivity contribution in [1.29, 1.82) is 5.26 Å². The highest BCUT2D eigenvalue weighted by Gasteiger charge is 2.08. The molecule has 2 aromatic carbocycles. The summed E-state index contributed by atoms with van der Waals surface area (Å²) in [6.07, 6.45) is 0.644. The van der Waals surface area contributed by atoms with Crippen LogP contribution in [0.25, 0.3) is 0 Å². The molecular weight excluding hydrogens is 318 g/mol. The Kier molecular flexibility index (Phi) is 4.97. The molecule has 1 heterocycles. The lowest BCUT2D eigenvalue weighted by Crippen LogP contribution is -1.90. The average molecular weight is 335 g/mol. The van der Waals surface area contributed by atoms with Gasteiger partial charge < -0.3 is 4.42 Å². The van der Waals surface area contributed by atoms with Gasteiger partial charge in [0.25, 0.3) is 5.22 Å². The number of nitrogens with zero attached hydrogens (tertiary/aromatic N) is 3. The van der Waals surface area contributed by atoms with Crippen molar-refractivity contribution >= 4 is 11.8 Å². The van der Waals surface area contributed by atoms with Crippen LogP contribution in [0.1, 0.15) is 33.7 Å². The van der Waals surface area contributed by atoms with E-state index in [-0.39, 0.29) is 0 Å². The van der Waals surface area contributed by atoms with Crippen LogP contribution in [0.4, 0.5) is 0 Å². The molecule has 3 rings (SSSR count). The molecule has 0 amide bonds. The summed E-state index contributed by atoms with van der Waals surface area (Å²) >= 11 is 1.50. The third-order valence-corrected chi connectivity index (χ3v) is 4.71. The summed E-state index contributed by atoms with van der Waals surface area (Å²) in [5.74, 6) is 1.36. The second-order valence-corrected chi connectivity index (χ2v) is 6.58. The van der Waals surface area contributed by atoms with Crippen molar-refractivity contribution in [2.24, 2.45) is 0 Å². The van der Waals surface area contributed by atoms with Gasteiger partial charge in [0.05, 0.1) is 18.1 Å². The fourth-order valence-corrected chi connectivity index (χ4v) is 3.01. The van der Waals surface area contributed by atoms with Crippen molar-refractivity contribution in [2.75, 3.05) is 0 Å². The molecule has 0 fully saturated rings. The van der Waals surface area contributed by atoms with Crippen LogP contribution in [0.2, 0.25) is 0 Å². The van der Waals surface area contributed by atoms with Crippen LogP contribution in [0.15, 0.2) is 52.1 Å². The fourth-order valence-electron chi connectivity index (χ4n) is 2.28. The number of aryl methyl sites for hydroxylation is 2. The van der Waals surface area contributed by atoms with Crippen molar-refractivity contribution in [3.63, 3.8) is 0 Å². The van der Waals surface area contributed by atoms with Crippen molar-refractivity contribution in [3.8, 4) is 6.07 Å². The third-order valence-electron chi connectivity index (χ3n) is 3.82. The van der Waals surface area contributed by atoms with Crippen LogP contribution < -0.4 is 0 Å². The van der Waals surface area contributed by atoms with E-state index in [4.69, 9.17) is 9.68 Å². The molecule has 0 N–H and O–H groups in total. The molecule has 0 saturated heterocycles. The van der Waals surface area contributed by atoms with Crippen LogP contribution in [-0.4, -0.2) is 10.2 Å². The van der Waals surface area contributed by atoms with E-state index < -0.39 is 0 Å². The standard InChI is InChI=1S/C19H17N3OS/c1-13-3-4-17(9-14(13)2)10-18-21-22-19(23-18)24-12-16-7-5-15(11-20)6-8-16/h3-9H,10,12H2,1-2H3. The molecule has 0 bridgehead atoms. The van der Waals surface area contributed by atoms with Gasteiger partial charge in [-0.3, -0.25) is 0 Å². The van der Waals surface area contributed by atoms with Gasteiger partial charge in [0.2, 0.25) is 5.89 Å². The zero-order valence-corrected chi connectivity index (χ0v) is 14.4. The highest BCUT2D eigenvalue weighted by atomic mass is 32.2. The molecule has 0 aliphatic rings. The maximum atomic E-state index is 8.80. The van der Waals surface area contributed by atoms with Gasteiger partial charge in [0, 0.05) is 5.75 Å². The molecule has 0 saturated carbocycles. The Morgan fingerprint density at radius 2 is 1.75 bits per heavy atom. The van der Waals surface area contributed by atoms with E-state index in [2.05, 4.69) is 48.3 Å². The Hall–Kier alpha value is -2.58. The Morgan fingerprint density at radius 1 is 1.00 bits per heavy atom. The Bertz CT molecular complexity index is 878. The van der Waals surface area contributed by atoms with Gasteiger partial charge in [-0.25, -0.2) is 0 Å². The van der Waals surface area contributed by atoms with Crippen molar-refractivity contribution < 1.29 is 4.42 Å².